The van der Waals surface area contributed by atoms with E-state index in [1.807, 2.05) is 0 Å². The van der Waals surface area contributed by atoms with Crippen molar-refractivity contribution in [2.75, 3.05) is 0 Å². The number of rotatable bonds is 0. The van der Waals surface area contributed by atoms with Crippen molar-refractivity contribution in [2.45, 2.75) is 0 Å². The molecule has 0 atom stereocenters. The van der Waals surface area contributed by atoms with Crippen LogP contribution in [0.15, 0.2) is 12.1 Å². The zero-order valence-corrected chi connectivity index (χ0v) is 7.21. The summed E-state index contributed by atoms with van der Waals surface area (Å²) >= 11 is 16.5. The van der Waals surface area contributed by atoms with Gasteiger partial charge in [0.15, 0.2) is 0 Å². The van der Waals surface area contributed by atoms with Crippen LogP contribution < -0.4 is 6.15 Å². The highest BCUT2D eigenvalue weighted by Crippen LogP contribution is 2.20. The Morgan fingerprint density at radius 2 is 1.70 bits per heavy atom. The number of nitrogens with zero attached hydrogens (tertiary/aromatic N) is 1. The van der Waals surface area contributed by atoms with E-state index in [1.165, 1.54) is 0 Å². The Morgan fingerprint density at radius 3 is 2.10 bits per heavy atom. The number of hydrogen-bond acceptors (Lipinski definition) is 2. The lowest BCUT2D eigenvalue weighted by Gasteiger charge is -1.91. The monoisotopic (exact) mass is 198 g/mol. The minimum atomic E-state index is 0. The average molecular weight is 199 g/mol. The smallest absolute Gasteiger partial charge is 0.149 e. The summed E-state index contributed by atoms with van der Waals surface area (Å²) in [7, 11) is 0. The van der Waals surface area contributed by atoms with E-state index in [0.717, 1.165) is 0 Å². The van der Waals surface area contributed by atoms with Gasteiger partial charge in [-0.15, -0.1) is 0 Å². The van der Waals surface area contributed by atoms with Crippen LogP contribution in [0.3, 0.4) is 0 Å². The Morgan fingerprint density at radius 1 is 1.10 bits per heavy atom. The van der Waals surface area contributed by atoms with Gasteiger partial charge in [0.1, 0.15) is 10.3 Å². The predicted molar refractivity (Wildman–Crippen MR) is 44.3 cm³/mol. The molecule has 1 heterocycles. The third-order valence-electron chi connectivity index (χ3n) is 0.769. The SMILES string of the molecule is Clc1ccc(Cl)c(Cl)n1.N. The van der Waals surface area contributed by atoms with Crippen LogP contribution in [-0.2, 0) is 0 Å². The van der Waals surface area contributed by atoms with Crippen molar-refractivity contribution in [1.82, 2.24) is 11.1 Å². The highest BCUT2D eigenvalue weighted by atomic mass is 35.5. The molecule has 1 aromatic heterocycles. The molecule has 10 heavy (non-hydrogen) atoms. The van der Waals surface area contributed by atoms with Crippen LogP contribution in [0, 0.1) is 0 Å². The maximum Gasteiger partial charge on any atom is 0.149 e. The summed E-state index contributed by atoms with van der Waals surface area (Å²) in [5.74, 6) is 0. The second kappa shape index (κ2) is 3.98. The molecule has 3 N–H and O–H groups in total. The van der Waals surface area contributed by atoms with Crippen molar-refractivity contribution < 1.29 is 0 Å². The fraction of sp³-hybridized carbons (Fsp3) is 0. The van der Waals surface area contributed by atoms with Gasteiger partial charge in [0, 0.05) is 0 Å². The lowest BCUT2D eigenvalue weighted by molar-refractivity contribution is 1.33. The van der Waals surface area contributed by atoms with Crippen LogP contribution >= 0.6 is 34.8 Å². The Hall–Kier alpha value is -0.0200. The molecule has 1 rings (SSSR count). The van der Waals surface area contributed by atoms with E-state index in [-0.39, 0.29) is 11.3 Å². The predicted octanol–water partition coefficient (Wildman–Crippen LogP) is 3.20. The second-order valence-corrected chi connectivity index (χ2v) is 2.56. The van der Waals surface area contributed by atoms with Gasteiger partial charge in [-0.05, 0) is 12.1 Å². The standard InChI is InChI=1S/C5H2Cl3N.H3N/c6-3-1-2-4(7)9-5(3)8;/h1-2H;1H3. The van der Waals surface area contributed by atoms with Crippen molar-refractivity contribution in [3.8, 4) is 0 Å². The van der Waals surface area contributed by atoms with Crippen LogP contribution in [0.2, 0.25) is 15.3 Å². The number of hydrogen-bond donors (Lipinski definition) is 1. The molecule has 0 radical (unpaired) electrons. The molecule has 0 bridgehead atoms. The molecule has 0 spiro atoms. The van der Waals surface area contributed by atoms with Crippen molar-refractivity contribution in [1.29, 1.82) is 0 Å². The Kier molecular flexibility index (Phi) is 3.98. The summed E-state index contributed by atoms with van der Waals surface area (Å²) in [6, 6.07) is 3.18. The van der Waals surface area contributed by atoms with E-state index >= 15 is 0 Å². The topological polar surface area (TPSA) is 47.9 Å². The van der Waals surface area contributed by atoms with E-state index in [1.54, 1.807) is 12.1 Å². The van der Waals surface area contributed by atoms with E-state index in [0.29, 0.717) is 10.2 Å². The normalized spacial score (nSPS) is 8.70. The second-order valence-electron chi connectivity index (χ2n) is 1.41. The van der Waals surface area contributed by atoms with Crippen molar-refractivity contribution in [3.63, 3.8) is 0 Å². The van der Waals surface area contributed by atoms with Gasteiger partial charge in [0.05, 0.1) is 5.02 Å². The molecule has 56 valence electrons. The molecule has 0 saturated heterocycles. The maximum atomic E-state index is 5.53. The fourth-order valence-corrected chi connectivity index (χ4v) is 0.845. The van der Waals surface area contributed by atoms with Gasteiger partial charge in [0.25, 0.3) is 0 Å². The summed E-state index contributed by atoms with van der Waals surface area (Å²) in [5.41, 5.74) is 0. The lowest BCUT2D eigenvalue weighted by Crippen LogP contribution is -1.75. The van der Waals surface area contributed by atoms with Gasteiger partial charge in [-0.3, -0.25) is 0 Å². The van der Waals surface area contributed by atoms with Crippen molar-refractivity contribution in [2.24, 2.45) is 0 Å². The molecule has 5 heteroatoms. The van der Waals surface area contributed by atoms with Gasteiger partial charge in [-0.25, -0.2) is 4.98 Å². The first-order valence-electron chi connectivity index (χ1n) is 2.17. The third kappa shape index (κ3) is 2.31. The summed E-state index contributed by atoms with van der Waals surface area (Å²) < 4.78 is 0. The van der Waals surface area contributed by atoms with Crippen LogP contribution in [0.25, 0.3) is 0 Å². The van der Waals surface area contributed by atoms with Crippen LogP contribution in [-0.4, -0.2) is 4.98 Å². The first kappa shape index (κ1) is 9.98. The molecule has 0 aromatic carbocycles. The lowest BCUT2D eigenvalue weighted by atomic mass is 10.5. The van der Waals surface area contributed by atoms with Crippen molar-refractivity contribution in [3.05, 3.63) is 27.5 Å². The molecule has 0 fully saturated rings. The van der Waals surface area contributed by atoms with Crippen LogP contribution in [0.5, 0.6) is 0 Å². The van der Waals surface area contributed by atoms with E-state index in [4.69, 9.17) is 34.8 Å². The average Bonchev–Trinajstić information content (AvgIpc) is 1.80. The fourth-order valence-electron chi connectivity index (χ4n) is 0.395. The van der Waals surface area contributed by atoms with Crippen LogP contribution in [0.4, 0.5) is 0 Å². The Balaban J connectivity index is 0.000000810. The summed E-state index contributed by atoms with van der Waals surface area (Å²) in [6.07, 6.45) is 0. The molecule has 0 aliphatic rings. The van der Waals surface area contributed by atoms with Gasteiger partial charge in [-0.1, -0.05) is 34.8 Å². The summed E-state index contributed by atoms with van der Waals surface area (Å²) in [4.78, 5) is 3.67. The third-order valence-corrected chi connectivity index (χ3v) is 1.67. The Bertz CT molecular complexity index is 226. The zero-order chi connectivity index (χ0) is 6.85. The first-order chi connectivity index (χ1) is 4.20. The van der Waals surface area contributed by atoms with Gasteiger partial charge in [-0.2, -0.15) is 0 Å². The molecule has 0 amide bonds. The molecule has 1 aromatic rings. The van der Waals surface area contributed by atoms with Crippen LogP contribution in [0.1, 0.15) is 0 Å². The molecule has 0 aliphatic carbocycles. The van der Waals surface area contributed by atoms with E-state index < -0.39 is 0 Å². The van der Waals surface area contributed by atoms with Crippen molar-refractivity contribution >= 4 is 34.8 Å². The molecule has 0 aliphatic heterocycles. The highest BCUT2D eigenvalue weighted by molar-refractivity contribution is 6.41. The summed E-state index contributed by atoms with van der Waals surface area (Å²) in [6.45, 7) is 0. The molecule has 0 unspecified atom stereocenters. The quantitative estimate of drug-likeness (QED) is 0.652. The molecule has 0 saturated carbocycles. The number of aromatic nitrogens is 1. The zero-order valence-electron chi connectivity index (χ0n) is 4.94. The minimum Gasteiger partial charge on any atom is -0.344 e. The Labute approximate surface area is 73.7 Å². The summed E-state index contributed by atoms with van der Waals surface area (Å²) in [5, 5.41) is 1.01. The number of halogens is 3. The number of pyridine rings is 1. The van der Waals surface area contributed by atoms with Gasteiger partial charge >= 0.3 is 0 Å². The van der Waals surface area contributed by atoms with E-state index in [9.17, 15) is 0 Å². The highest BCUT2D eigenvalue weighted by Gasteiger charge is 1.96. The minimum absolute atomic E-state index is 0. The molecule has 2 nitrogen and oxygen atoms in total. The van der Waals surface area contributed by atoms with Gasteiger partial charge < -0.3 is 6.15 Å². The molecular formula is C5H5Cl3N2. The first-order valence-corrected chi connectivity index (χ1v) is 3.31. The van der Waals surface area contributed by atoms with E-state index in [2.05, 4.69) is 4.98 Å². The molecular weight excluding hydrogens is 194 g/mol. The van der Waals surface area contributed by atoms with Gasteiger partial charge in [0.2, 0.25) is 0 Å². The maximum absolute atomic E-state index is 5.53. The largest absolute Gasteiger partial charge is 0.344 e.